The zero-order chi connectivity index (χ0) is 9.47. The number of hydrogen-bond acceptors (Lipinski definition) is 4. The van der Waals surface area contributed by atoms with Gasteiger partial charge in [0.1, 0.15) is 11.1 Å². The second kappa shape index (κ2) is 2.53. The van der Waals surface area contributed by atoms with Gasteiger partial charge in [-0.3, -0.25) is 0 Å². The maximum atomic E-state index is 9.70. The second-order valence-electron chi connectivity index (χ2n) is 3.00. The summed E-state index contributed by atoms with van der Waals surface area (Å²) in [6.45, 7) is 1.79. The van der Waals surface area contributed by atoms with Crippen LogP contribution in [0.1, 0.15) is 13.3 Å². The average Bonchev–Trinajstić information content (AvgIpc) is 2.45. The zero-order valence-corrected chi connectivity index (χ0v) is 7.23. The van der Waals surface area contributed by atoms with E-state index in [4.69, 9.17) is 0 Å². The van der Waals surface area contributed by atoms with Crippen LogP contribution in [0.5, 0.6) is 5.75 Å². The Morgan fingerprint density at radius 1 is 1.38 bits per heavy atom. The van der Waals surface area contributed by atoms with Crippen LogP contribution in [0.25, 0.3) is 0 Å². The Morgan fingerprint density at radius 2 is 2.15 bits per heavy atom. The number of aliphatic hydroxyl groups is 1. The summed E-state index contributed by atoms with van der Waals surface area (Å²) in [7, 11) is 0. The molecule has 0 aromatic heterocycles. The molecule has 0 amide bonds. The third-order valence-corrected chi connectivity index (χ3v) is 2.06. The standard InChI is InChI=1S/C9H10N2O2/c1-2-9(13)10-6-4-3-5-7(12)8(6)11-9/h3-5,12-13H,2H2,1H3. The molecule has 0 saturated carbocycles. The lowest BCUT2D eigenvalue weighted by atomic mass is 10.3. The fourth-order valence-electron chi connectivity index (χ4n) is 1.28. The highest BCUT2D eigenvalue weighted by Crippen LogP contribution is 2.14. The van der Waals surface area contributed by atoms with Gasteiger partial charge in [0.15, 0.2) is 0 Å². The number of phenolic OH excluding ortho intramolecular Hbond substituents is 1. The number of aromatic hydroxyl groups is 1. The van der Waals surface area contributed by atoms with E-state index in [1.165, 1.54) is 6.07 Å². The van der Waals surface area contributed by atoms with Gasteiger partial charge in [-0.2, -0.15) is 0 Å². The smallest absolute Gasteiger partial charge is 0.255 e. The first-order chi connectivity index (χ1) is 6.14. The quantitative estimate of drug-likeness (QED) is 0.620. The summed E-state index contributed by atoms with van der Waals surface area (Å²) in [6, 6.07) is 4.92. The summed E-state index contributed by atoms with van der Waals surface area (Å²) in [5.41, 5.74) is 0. The van der Waals surface area contributed by atoms with Gasteiger partial charge in [0, 0.05) is 6.42 Å². The third kappa shape index (κ3) is 1.19. The zero-order valence-electron chi connectivity index (χ0n) is 7.23. The SMILES string of the molecule is CCC1(O)N=c2cccc(O)c2=N1. The van der Waals surface area contributed by atoms with Crippen LogP contribution in [0.2, 0.25) is 0 Å². The van der Waals surface area contributed by atoms with E-state index in [-0.39, 0.29) is 5.75 Å². The molecule has 1 aromatic rings. The first-order valence-corrected chi connectivity index (χ1v) is 4.15. The van der Waals surface area contributed by atoms with Gasteiger partial charge in [0.2, 0.25) is 0 Å². The van der Waals surface area contributed by atoms with Crippen molar-refractivity contribution in [2.45, 2.75) is 19.2 Å². The largest absolute Gasteiger partial charge is 0.506 e. The second-order valence-corrected chi connectivity index (χ2v) is 3.00. The van der Waals surface area contributed by atoms with Gasteiger partial charge < -0.3 is 10.2 Å². The highest BCUT2D eigenvalue weighted by atomic mass is 16.3. The van der Waals surface area contributed by atoms with Crippen LogP contribution in [0, 0.1) is 0 Å². The van der Waals surface area contributed by atoms with Gasteiger partial charge in [-0.05, 0) is 12.1 Å². The molecule has 1 unspecified atom stereocenters. The number of benzene rings is 1. The molecule has 1 heterocycles. The molecule has 1 aliphatic heterocycles. The number of para-hydroxylation sites is 1. The van der Waals surface area contributed by atoms with E-state index in [1.807, 2.05) is 0 Å². The van der Waals surface area contributed by atoms with Crippen LogP contribution in [0.4, 0.5) is 0 Å². The fraction of sp³-hybridized carbons (Fsp3) is 0.333. The highest BCUT2D eigenvalue weighted by Gasteiger charge is 2.25. The minimum Gasteiger partial charge on any atom is -0.506 e. The summed E-state index contributed by atoms with van der Waals surface area (Å²) in [6.07, 6.45) is 0.404. The topological polar surface area (TPSA) is 65.2 Å². The van der Waals surface area contributed by atoms with Gasteiger partial charge in [-0.15, -0.1) is 0 Å². The molecule has 4 nitrogen and oxygen atoms in total. The molecule has 0 aliphatic carbocycles. The van der Waals surface area contributed by atoms with E-state index in [2.05, 4.69) is 9.98 Å². The molecule has 1 aliphatic rings. The summed E-state index contributed by atoms with van der Waals surface area (Å²) < 4.78 is 0. The van der Waals surface area contributed by atoms with Crippen molar-refractivity contribution in [3.05, 3.63) is 28.9 Å². The normalized spacial score (nSPS) is 24.8. The molecule has 0 fully saturated rings. The molecule has 0 spiro atoms. The monoisotopic (exact) mass is 178 g/mol. The van der Waals surface area contributed by atoms with Gasteiger partial charge in [0.25, 0.3) is 5.85 Å². The van der Waals surface area contributed by atoms with E-state index in [0.29, 0.717) is 17.1 Å². The van der Waals surface area contributed by atoms with Crippen molar-refractivity contribution in [3.8, 4) is 5.75 Å². The van der Waals surface area contributed by atoms with E-state index < -0.39 is 5.85 Å². The summed E-state index contributed by atoms with van der Waals surface area (Å²) in [5, 5.41) is 20.0. The van der Waals surface area contributed by atoms with E-state index >= 15 is 0 Å². The van der Waals surface area contributed by atoms with Gasteiger partial charge in [-0.1, -0.05) is 13.0 Å². The van der Waals surface area contributed by atoms with E-state index in [9.17, 15) is 10.2 Å². The molecule has 1 aromatic carbocycles. The molecule has 13 heavy (non-hydrogen) atoms. The molecule has 0 bridgehead atoms. The number of hydrogen-bond donors (Lipinski definition) is 2. The maximum Gasteiger partial charge on any atom is 0.255 e. The number of fused-ring (bicyclic) bond motifs is 1. The molecular formula is C9H10N2O2. The summed E-state index contributed by atoms with van der Waals surface area (Å²) >= 11 is 0. The van der Waals surface area contributed by atoms with Gasteiger partial charge >= 0.3 is 0 Å². The van der Waals surface area contributed by atoms with Crippen LogP contribution in [0.15, 0.2) is 28.2 Å². The maximum absolute atomic E-state index is 9.70. The van der Waals surface area contributed by atoms with Gasteiger partial charge in [-0.25, -0.2) is 9.98 Å². The number of nitrogens with zero attached hydrogens (tertiary/aromatic N) is 2. The minimum atomic E-state index is -1.37. The van der Waals surface area contributed by atoms with E-state index in [1.54, 1.807) is 19.1 Å². The molecule has 0 saturated heterocycles. The first-order valence-electron chi connectivity index (χ1n) is 4.15. The predicted octanol–water partition coefficient (Wildman–Crippen LogP) is -0.299. The first kappa shape index (κ1) is 8.19. The fourth-order valence-corrected chi connectivity index (χ4v) is 1.28. The van der Waals surface area contributed by atoms with Crippen molar-refractivity contribution in [1.82, 2.24) is 0 Å². The molecule has 0 radical (unpaired) electrons. The van der Waals surface area contributed by atoms with Crippen molar-refractivity contribution in [2.75, 3.05) is 0 Å². The lowest BCUT2D eigenvalue weighted by molar-refractivity contribution is 0.0534. The lowest BCUT2D eigenvalue weighted by Crippen LogP contribution is -2.20. The minimum absolute atomic E-state index is 0.0608. The Morgan fingerprint density at radius 3 is 2.77 bits per heavy atom. The Balaban J connectivity index is 2.74. The Kier molecular flexibility index (Phi) is 1.60. The molecular weight excluding hydrogens is 168 g/mol. The van der Waals surface area contributed by atoms with Crippen LogP contribution in [0.3, 0.4) is 0 Å². The Bertz CT molecular complexity index is 455. The molecule has 1 atom stereocenters. The van der Waals surface area contributed by atoms with Crippen molar-refractivity contribution >= 4 is 0 Å². The number of rotatable bonds is 1. The predicted molar refractivity (Wildman–Crippen MR) is 45.7 cm³/mol. The molecule has 2 rings (SSSR count). The highest BCUT2D eigenvalue weighted by molar-refractivity contribution is 5.21. The lowest BCUT2D eigenvalue weighted by Gasteiger charge is -2.11. The molecule has 4 heteroatoms. The molecule has 2 N–H and O–H groups in total. The van der Waals surface area contributed by atoms with Gasteiger partial charge in [0.05, 0.1) is 5.36 Å². The molecule has 68 valence electrons. The van der Waals surface area contributed by atoms with Crippen LogP contribution in [-0.2, 0) is 0 Å². The Labute approximate surface area is 74.9 Å². The van der Waals surface area contributed by atoms with Crippen molar-refractivity contribution in [1.29, 1.82) is 0 Å². The van der Waals surface area contributed by atoms with Crippen molar-refractivity contribution in [3.63, 3.8) is 0 Å². The van der Waals surface area contributed by atoms with Crippen LogP contribution >= 0.6 is 0 Å². The average molecular weight is 178 g/mol. The van der Waals surface area contributed by atoms with Crippen LogP contribution < -0.4 is 10.7 Å². The van der Waals surface area contributed by atoms with E-state index in [0.717, 1.165) is 0 Å². The third-order valence-electron chi connectivity index (χ3n) is 2.06. The number of phenols is 1. The Hall–Kier alpha value is -1.42. The summed E-state index contributed by atoms with van der Waals surface area (Å²) in [5.74, 6) is -1.31. The van der Waals surface area contributed by atoms with Crippen LogP contribution in [-0.4, -0.2) is 16.1 Å². The van der Waals surface area contributed by atoms with Crippen molar-refractivity contribution in [2.24, 2.45) is 9.98 Å². The summed E-state index contributed by atoms with van der Waals surface area (Å²) in [4.78, 5) is 7.93. The van der Waals surface area contributed by atoms with Crippen molar-refractivity contribution < 1.29 is 10.2 Å².